The molecule has 1 amide bonds. The van der Waals surface area contributed by atoms with Crippen molar-refractivity contribution in [2.75, 3.05) is 33.9 Å². The zero-order valence-corrected chi connectivity index (χ0v) is 13.3. The monoisotopic (exact) mass is 313 g/mol. The molecule has 0 aromatic rings. The number of hydrogen-bond donors (Lipinski definition) is 0. The minimum absolute atomic E-state index is 0.0602. The van der Waals surface area contributed by atoms with Crippen LogP contribution in [0.3, 0.4) is 0 Å². The summed E-state index contributed by atoms with van der Waals surface area (Å²) in [7, 11) is 3.09. The van der Waals surface area contributed by atoms with E-state index in [9.17, 15) is 14.4 Å². The molecule has 7 heteroatoms. The first-order valence-corrected chi connectivity index (χ1v) is 6.72. The standard InChI is InChI=1S/C15H23NO6/c1-6-12(17)20-9-15(8-3,10-21-13(18)7-2)11-22-14(19)16(4)5/h6-7H,1-2,8-11H2,3-5H3. The largest absolute Gasteiger partial charge is 0.462 e. The van der Waals surface area contributed by atoms with Crippen LogP contribution in [0.4, 0.5) is 4.79 Å². The van der Waals surface area contributed by atoms with Crippen LogP contribution in [0.1, 0.15) is 13.3 Å². The van der Waals surface area contributed by atoms with Crippen LogP contribution in [0.5, 0.6) is 0 Å². The van der Waals surface area contributed by atoms with Crippen LogP contribution in [0, 0.1) is 5.41 Å². The molecule has 0 spiro atoms. The van der Waals surface area contributed by atoms with Gasteiger partial charge in [0.05, 0.1) is 5.41 Å². The number of hydrogen-bond acceptors (Lipinski definition) is 6. The molecule has 22 heavy (non-hydrogen) atoms. The lowest BCUT2D eigenvalue weighted by Crippen LogP contribution is -2.40. The van der Waals surface area contributed by atoms with E-state index in [2.05, 4.69) is 13.2 Å². The van der Waals surface area contributed by atoms with Crippen molar-refractivity contribution in [3.05, 3.63) is 25.3 Å². The van der Waals surface area contributed by atoms with Gasteiger partial charge in [-0.15, -0.1) is 0 Å². The molecular formula is C15H23NO6. The van der Waals surface area contributed by atoms with Crippen molar-refractivity contribution in [3.8, 4) is 0 Å². The van der Waals surface area contributed by atoms with Gasteiger partial charge in [0.2, 0.25) is 0 Å². The zero-order valence-electron chi connectivity index (χ0n) is 13.3. The molecule has 0 atom stereocenters. The van der Waals surface area contributed by atoms with E-state index in [-0.39, 0.29) is 19.8 Å². The predicted molar refractivity (Wildman–Crippen MR) is 80.1 cm³/mol. The normalized spacial score (nSPS) is 10.3. The molecule has 7 nitrogen and oxygen atoms in total. The zero-order chi connectivity index (χ0) is 17.2. The molecule has 124 valence electrons. The summed E-state index contributed by atoms with van der Waals surface area (Å²) in [5, 5.41) is 0. The number of carbonyl (C=O) groups excluding carboxylic acids is 3. The van der Waals surface area contributed by atoms with Crippen molar-refractivity contribution in [1.82, 2.24) is 4.90 Å². The molecule has 0 unspecified atom stereocenters. The van der Waals surface area contributed by atoms with Crippen molar-refractivity contribution < 1.29 is 28.6 Å². The molecule has 0 aromatic carbocycles. The van der Waals surface area contributed by atoms with Crippen LogP contribution in [0.2, 0.25) is 0 Å². The van der Waals surface area contributed by atoms with Crippen molar-refractivity contribution in [1.29, 1.82) is 0 Å². The van der Waals surface area contributed by atoms with Gasteiger partial charge in [0, 0.05) is 26.2 Å². The van der Waals surface area contributed by atoms with Gasteiger partial charge in [-0.2, -0.15) is 0 Å². The summed E-state index contributed by atoms with van der Waals surface area (Å²) < 4.78 is 15.2. The third-order valence-corrected chi connectivity index (χ3v) is 2.99. The Morgan fingerprint density at radius 2 is 1.36 bits per heavy atom. The lowest BCUT2D eigenvalue weighted by atomic mass is 9.88. The molecule has 0 saturated carbocycles. The van der Waals surface area contributed by atoms with E-state index in [1.54, 1.807) is 14.1 Å². The predicted octanol–water partition coefficient (Wildman–Crippen LogP) is 1.54. The molecule has 0 aliphatic rings. The SMILES string of the molecule is C=CC(=O)OCC(CC)(COC(=O)C=C)COC(=O)N(C)C. The third-order valence-electron chi connectivity index (χ3n) is 2.99. The highest BCUT2D eigenvalue weighted by Gasteiger charge is 2.34. The number of nitrogens with zero attached hydrogens (tertiary/aromatic N) is 1. The first-order valence-electron chi connectivity index (χ1n) is 6.72. The lowest BCUT2D eigenvalue weighted by molar-refractivity contribution is -0.150. The van der Waals surface area contributed by atoms with Gasteiger partial charge in [0.15, 0.2) is 0 Å². The fourth-order valence-corrected chi connectivity index (χ4v) is 1.34. The van der Waals surface area contributed by atoms with E-state index in [4.69, 9.17) is 14.2 Å². The van der Waals surface area contributed by atoms with Crippen LogP contribution in [0.15, 0.2) is 25.3 Å². The van der Waals surface area contributed by atoms with E-state index in [0.29, 0.717) is 6.42 Å². The van der Waals surface area contributed by atoms with Crippen molar-refractivity contribution in [3.63, 3.8) is 0 Å². The third kappa shape index (κ3) is 6.92. The Kier molecular flexibility index (Phi) is 8.59. The first kappa shape index (κ1) is 19.7. The van der Waals surface area contributed by atoms with Gasteiger partial charge in [-0.25, -0.2) is 14.4 Å². The number of ether oxygens (including phenoxy) is 3. The van der Waals surface area contributed by atoms with E-state index < -0.39 is 23.4 Å². The molecule has 0 aromatic heterocycles. The van der Waals surface area contributed by atoms with Gasteiger partial charge in [-0.1, -0.05) is 20.1 Å². The van der Waals surface area contributed by atoms with E-state index in [1.807, 2.05) is 6.92 Å². The molecule has 0 aliphatic carbocycles. The Balaban J connectivity index is 4.91. The highest BCUT2D eigenvalue weighted by molar-refractivity contribution is 5.81. The first-order chi connectivity index (χ1) is 10.3. The Morgan fingerprint density at radius 3 is 1.68 bits per heavy atom. The van der Waals surface area contributed by atoms with E-state index in [0.717, 1.165) is 12.2 Å². The molecule has 0 fully saturated rings. The highest BCUT2D eigenvalue weighted by Crippen LogP contribution is 2.24. The topological polar surface area (TPSA) is 82.1 Å². The minimum atomic E-state index is -0.830. The fraction of sp³-hybridized carbons (Fsp3) is 0.533. The molecule has 0 heterocycles. The minimum Gasteiger partial charge on any atom is -0.462 e. The Bertz CT molecular complexity index is 406. The second kappa shape index (κ2) is 9.59. The maximum absolute atomic E-state index is 11.5. The average molecular weight is 313 g/mol. The summed E-state index contributed by atoms with van der Waals surface area (Å²) in [6, 6.07) is 0. The maximum Gasteiger partial charge on any atom is 0.409 e. The second-order valence-corrected chi connectivity index (χ2v) is 4.93. The van der Waals surface area contributed by atoms with Gasteiger partial charge in [0.1, 0.15) is 19.8 Å². The fourth-order valence-electron chi connectivity index (χ4n) is 1.34. The van der Waals surface area contributed by atoms with Gasteiger partial charge < -0.3 is 19.1 Å². The molecule has 0 rings (SSSR count). The van der Waals surface area contributed by atoms with Gasteiger partial charge in [-0.05, 0) is 6.42 Å². The number of carbonyl (C=O) groups is 3. The lowest BCUT2D eigenvalue weighted by Gasteiger charge is -2.31. The summed E-state index contributed by atoms with van der Waals surface area (Å²) in [6.45, 7) is 8.23. The Hall–Kier alpha value is -2.31. The van der Waals surface area contributed by atoms with E-state index in [1.165, 1.54) is 4.90 Å². The summed E-state index contributed by atoms with van der Waals surface area (Å²) in [6.07, 6.45) is 1.98. The quantitative estimate of drug-likeness (QED) is 0.365. The highest BCUT2D eigenvalue weighted by atomic mass is 16.6. The Labute approximate surface area is 130 Å². The van der Waals surface area contributed by atoms with E-state index >= 15 is 0 Å². The molecule has 0 saturated heterocycles. The van der Waals surface area contributed by atoms with Gasteiger partial charge in [-0.3, -0.25) is 0 Å². The molecular weight excluding hydrogens is 290 g/mol. The summed E-state index contributed by atoms with van der Waals surface area (Å²) in [5.74, 6) is -1.21. The summed E-state index contributed by atoms with van der Waals surface area (Å²) in [5.41, 5.74) is -0.830. The van der Waals surface area contributed by atoms with Crippen LogP contribution in [-0.2, 0) is 23.8 Å². The molecule has 0 radical (unpaired) electrons. The van der Waals surface area contributed by atoms with Crippen molar-refractivity contribution in [2.45, 2.75) is 13.3 Å². The van der Waals surface area contributed by atoms with Gasteiger partial charge >= 0.3 is 18.0 Å². The van der Waals surface area contributed by atoms with Crippen LogP contribution in [-0.4, -0.2) is 56.8 Å². The van der Waals surface area contributed by atoms with Crippen LogP contribution in [0.25, 0.3) is 0 Å². The number of amides is 1. The maximum atomic E-state index is 11.5. The van der Waals surface area contributed by atoms with Gasteiger partial charge in [0.25, 0.3) is 0 Å². The van der Waals surface area contributed by atoms with Crippen LogP contribution < -0.4 is 0 Å². The Morgan fingerprint density at radius 1 is 0.955 bits per heavy atom. The summed E-state index contributed by atoms with van der Waals surface area (Å²) in [4.78, 5) is 35.3. The second-order valence-electron chi connectivity index (χ2n) is 4.93. The van der Waals surface area contributed by atoms with Crippen molar-refractivity contribution >= 4 is 18.0 Å². The smallest absolute Gasteiger partial charge is 0.409 e. The average Bonchev–Trinajstić information content (AvgIpc) is 2.53. The molecule has 0 N–H and O–H groups in total. The molecule has 0 aliphatic heterocycles. The molecule has 0 bridgehead atoms. The summed E-state index contributed by atoms with van der Waals surface area (Å²) >= 11 is 0. The van der Waals surface area contributed by atoms with Crippen LogP contribution >= 0.6 is 0 Å². The number of rotatable bonds is 9. The van der Waals surface area contributed by atoms with Crippen molar-refractivity contribution in [2.24, 2.45) is 5.41 Å². The number of esters is 2.